The molecular formula is C22H27ClN2O3. The van der Waals surface area contributed by atoms with Crippen LogP contribution in [-0.2, 0) is 4.74 Å². The summed E-state index contributed by atoms with van der Waals surface area (Å²) in [4.78, 5) is 15.0. The van der Waals surface area contributed by atoms with Crippen LogP contribution in [0.5, 0.6) is 5.75 Å². The number of nitrogens with zero attached hydrogens (tertiary/aromatic N) is 1. The molecule has 1 N–H and O–H groups in total. The molecule has 28 heavy (non-hydrogen) atoms. The Balaban J connectivity index is 1.67. The number of morpholine rings is 1. The SMILES string of the molecule is CCCOc1ccc(C(=O)NC[C@H](c2ccccc2Cl)N2CCOCC2)cc1. The zero-order valence-electron chi connectivity index (χ0n) is 16.2. The van der Waals surface area contributed by atoms with Gasteiger partial charge in [-0.3, -0.25) is 9.69 Å². The van der Waals surface area contributed by atoms with Crippen LogP contribution >= 0.6 is 11.6 Å². The van der Waals surface area contributed by atoms with Crippen molar-refractivity contribution in [1.29, 1.82) is 0 Å². The first-order valence-electron chi connectivity index (χ1n) is 9.76. The van der Waals surface area contributed by atoms with Crippen molar-refractivity contribution in [3.63, 3.8) is 0 Å². The first-order valence-corrected chi connectivity index (χ1v) is 10.1. The Morgan fingerprint density at radius 1 is 1.18 bits per heavy atom. The van der Waals surface area contributed by atoms with Gasteiger partial charge in [-0.25, -0.2) is 0 Å². The average Bonchev–Trinajstić information content (AvgIpc) is 2.74. The van der Waals surface area contributed by atoms with E-state index in [0.29, 0.717) is 37.0 Å². The number of nitrogens with one attached hydrogen (secondary N) is 1. The van der Waals surface area contributed by atoms with Crippen molar-refractivity contribution in [2.45, 2.75) is 19.4 Å². The lowest BCUT2D eigenvalue weighted by atomic mass is 10.0. The van der Waals surface area contributed by atoms with Gasteiger partial charge in [0.1, 0.15) is 5.75 Å². The fourth-order valence-corrected chi connectivity index (χ4v) is 3.55. The van der Waals surface area contributed by atoms with Crippen LogP contribution in [0.3, 0.4) is 0 Å². The van der Waals surface area contributed by atoms with E-state index < -0.39 is 0 Å². The lowest BCUT2D eigenvalue weighted by Gasteiger charge is -2.35. The normalized spacial score (nSPS) is 15.8. The summed E-state index contributed by atoms with van der Waals surface area (Å²) in [6.45, 7) is 6.22. The highest BCUT2D eigenvalue weighted by Crippen LogP contribution is 2.28. The van der Waals surface area contributed by atoms with Gasteiger partial charge in [0.25, 0.3) is 5.91 Å². The maximum absolute atomic E-state index is 12.6. The Kier molecular flexibility index (Phi) is 7.71. The molecule has 3 rings (SSSR count). The van der Waals surface area contributed by atoms with E-state index >= 15 is 0 Å². The molecule has 2 aromatic carbocycles. The van der Waals surface area contributed by atoms with Crippen LogP contribution in [0.2, 0.25) is 5.02 Å². The molecule has 1 atom stereocenters. The van der Waals surface area contributed by atoms with Gasteiger partial charge in [-0.05, 0) is 42.3 Å². The van der Waals surface area contributed by atoms with Gasteiger partial charge in [-0.1, -0.05) is 36.7 Å². The Morgan fingerprint density at radius 3 is 2.57 bits per heavy atom. The number of benzene rings is 2. The summed E-state index contributed by atoms with van der Waals surface area (Å²) in [5.74, 6) is 0.674. The van der Waals surface area contributed by atoms with E-state index in [1.54, 1.807) is 12.1 Å². The van der Waals surface area contributed by atoms with Crippen LogP contribution in [0.25, 0.3) is 0 Å². The van der Waals surface area contributed by atoms with Gasteiger partial charge in [0.15, 0.2) is 0 Å². The standard InChI is InChI=1S/C22H27ClN2O3/c1-2-13-28-18-9-7-17(8-10-18)22(26)24-16-21(25-11-14-27-15-12-25)19-5-3-4-6-20(19)23/h3-10,21H,2,11-16H2,1H3,(H,24,26)/t21-/m1/s1. The van der Waals surface area contributed by atoms with Gasteiger partial charge in [0.05, 0.1) is 25.9 Å². The van der Waals surface area contributed by atoms with Gasteiger partial charge in [-0.15, -0.1) is 0 Å². The Morgan fingerprint density at radius 2 is 1.89 bits per heavy atom. The van der Waals surface area contributed by atoms with Crippen LogP contribution in [0.4, 0.5) is 0 Å². The number of ether oxygens (including phenoxy) is 2. The highest BCUT2D eigenvalue weighted by atomic mass is 35.5. The fraction of sp³-hybridized carbons (Fsp3) is 0.409. The topological polar surface area (TPSA) is 50.8 Å². The largest absolute Gasteiger partial charge is 0.494 e. The van der Waals surface area contributed by atoms with E-state index in [2.05, 4.69) is 17.1 Å². The van der Waals surface area contributed by atoms with Crippen LogP contribution < -0.4 is 10.1 Å². The van der Waals surface area contributed by atoms with Crippen molar-refractivity contribution in [1.82, 2.24) is 10.2 Å². The van der Waals surface area contributed by atoms with Gasteiger partial charge in [0, 0.05) is 30.2 Å². The lowest BCUT2D eigenvalue weighted by molar-refractivity contribution is 0.0162. The molecule has 0 aromatic heterocycles. The summed E-state index contributed by atoms with van der Waals surface area (Å²) in [5, 5.41) is 3.78. The van der Waals surface area contributed by atoms with E-state index in [4.69, 9.17) is 21.1 Å². The molecule has 1 fully saturated rings. The van der Waals surface area contributed by atoms with Crippen LogP contribution in [0.1, 0.15) is 35.3 Å². The minimum atomic E-state index is -0.104. The third-order valence-electron chi connectivity index (χ3n) is 4.80. The minimum Gasteiger partial charge on any atom is -0.494 e. The van der Waals surface area contributed by atoms with Crippen molar-refractivity contribution in [3.05, 3.63) is 64.7 Å². The lowest BCUT2D eigenvalue weighted by Crippen LogP contribution is -2.44. The summed E-state index contributed by atoms with van der Waals surface area (Å²) >= 11 is 6.45. The van der Waals surface area contributed by atoms with E-state index in [9.17, 15) is 4.79 Å². The number of carbonyl (C=O) groups excluding carboxylic acids is 1. The molecule has 0 radical (unpaired) electrons. The molecule has 1 amide bonds. The first-order chi connectivity index (χ1) is 13.7. The molecule has 0 spiro atoms. The average molecular weight is 403 g/mol. The van der Waals surface area contributed by atoms with E-state index in [1.165, 1.54) is 0 Å². The molecule has 1 aliphatic heterocycles. The fourth-order valence-electron chi connectivity index (χ4n) is 3.28. The predicted molar refractivity (Wildman–Crippen MR) is 111 cm³/mol. The molecule has 0 saturated carbocycles. The summed E-state index contributed by atoms with van der Waals surface area (Å²) in [5.41, 5.74) is 1.64. The number of carbonyl (C=O) groups is 1. The van der Waals surface area contributed by atoms with E-state index in [-0.39, 0.29) is 11.9 Å². The minimum absolute atomic E-state index is 0.00807. The molecule has 5 nitrogen and oxygen atoms in total. The molecule has 1 heterocycles. The second-order valence-electron chi connectivity index (χ2n) is 6.77. The molecule has 2 aromatic rings. The number of hydrogen-bond donors (Lipinski definition) is 1. The highest BCUT2D eigenvalue weighted by Gasteiger charge is 2.25. The van der Waals surface area contributed by atoms with E-state index in [1.807, 2.05) is 36.4 Å². The monoisotopic (exact) mass is 402 g/mol. The van der Waals surface area contributed by atoms with Crippen molar-refractivity contribution >= 4 is 17.5 Å². The Labute approximate surface area is 171 Å². The molecule has 0 bridgehead atoms. The molecular weight excluding hydrogens is 376 g/mol. The number of hydrogen-bond acceptors (Lipinski definition) is 4. The first kappa shape index (κ1) is 20.6. The van der Waals surface area contributed by atoms with Crippen molar-refractivity contribution in [2.24, 2.45) is 0 Å². The summed E-state index contributed by atoms with van der Waals surface area (Å²) < 4.78 is 11.0. The molecule has 1 saturated heterocycles. The molecule has 1 aliphatic rings. The van der Waals surface area contributed by atoms with Crippen LogP contribution in [0, 0.1) is 0 Å². The second kappa shape index (κ2) is 10.5. The maximum atomic E-state index is 12.6. The summed E-state index contributed by atoms with van der Waals surface area (Å²) in [6, 6.07) is 15.1. The third-order valence-corrected chi connectivity index (χ3v) is 5.14. The van der Waals surface area contributed by atoms with Gasteiger partial charge >= 0.3 is 0 Å². The summed E-state index contributed by atoms with van der Waals surface area (Å²) in [7, 11) is 0. The molecule has 0 aliphatic carbocycles. The maximum Gasteiger partial charge on any atom is 0.251 e. The second-order valence-corrected chi connectivity index (χ2v) is 7.18. The zero-order chi connectivity index (χ0) is 19.8. The van der Waals surface area contributed by atoms with E-state index in [0.717, 1.165) is 30.8 Å². The Hall–Kier alpha value is -2.08. The number of rotatable bonds is 8. The molecule has 0 unspecified atom stereocenters. The quantitative estimate of drug-likeness (QED) is 0.726. The van der Waals surface area contributed by atoms with Gasteiger partial charge in [0.2, 0.25) is 0 Å². The third kappa shape index (κ3) is 5.47. The van der Waals surface area contributed by atoms with Gasteiger partial charge < -0.3 is 14.8 Å². The van der Waals surface area contributed by atoms with Gasteiger partial charge in [-0.2, -0.15) is 0 Å². The number of amides is 1. The van der Waals surface area contributed by atoms with Crippen LogP contribution in [-0.4, -0.2) is 50.3 Å². The number of halogens is 1. The van der Waals surface area contributed by atoms with Crippen molar-refractivity contribution in [2.75, 3.05) is 39.5 Å². The van der Waals surface area contributed by atoms with Crippen molar-refractivity contribution in [3.8, 4) is 5.75 Å². The molecule has 150 valence electrons. The smallest absolute Gasteiger partial charge is 0.251 e. The van der Waals surface area contributed by atoms with Crippen LogP contribution in [0.15, 0.2) is 48.5 Å². The highest BCUT2D eigenvalue weighted by molar-refractivity contribution is 6.31. The molecule has 6 heteroatoms. The summed E-state index contributed by atoms with van der Waals surface area (Å²) in [6.07, 6.45) is 0.952. The predicted octanol–water partition coefficient (Wildman–Crippen LogP) is 3.93. The van der Waals surface area contributed by atoms with Crippen molar-refractivity contribution < 1.29 is 14.3 Å². The zero-order valence-corrected chi connectivity index (χ0v) is 17.0. The Bertz CT molecular complexity index is 761.